The molecular weight excluding hydrogens is 398 g/mol. The fraction of sp³-hybridized carbons (Fsp3) is 0.679. The Morgan fingerprint density at radius 1 is 0.781 bits per heavy atom. The van der Waals surface area contributed by atoms with E-state index in [1.54, 1.807) is 6.08 Å². The van der Waals surface area contributed by atoms with E-state index in [9.17, 15) is 15.0 Å². The first kappa shape index (κ1) is 30.4. The Morgan fingerprint density at radius 3 is 2.00 bits per heavy atom. The van der Waals surface area contributed by atoms with Gasteiger partial charge in [-0.25, -0.2) is 0 Å². The van der Waals surface area contributed by atoms with Gasteiger partial charge in [0.1, 0.15) is 0 Å². The average Bonchev–Trinajstić information content (AvgIpc) is 2.79. The van der Waals surface area contributed by atoms with Crippen LogP contribution in [0.25, 0.3) is 0 Å². The second-order valence-corrected chi connectivity index (χ2v) is 8.37. The molecule has 4 heteroatoms. The molecule has 32 heavy (non-hydrogen) atoms. The SMILES string of the molecule is CC/C=C\C/C=C\C/C=C\CCCCCCCCCC(=O)NC(CO)C(O)/C=C/CCC. The van der Waals surface area contributed by atoms with E-state index in [0.717, 1.165) is 57.8 Å². The van der Waals surface area contributed by atoms with E-state index in [0.29, 0.717) is 6.42 Å². The number of carbonyl (C=O) groups is 1. The van der Waals surface area contributed by atoms with Gasteiger partial charge in [-0.15, -0.1) is 0 Å². The van der Waals surface area contributed by atoms with Crippen LogP contribution >= 0.6 is 0 Å². The number of hydrogen-bond donors (Lipinski definition) is 3. The zero-order valence-electron chi connectivity index (χ0n) is 20.7. The van der Waals surface area contributed by atoms with Crippen LogP contribution in [0, 0.1) is 0 Å². The van der Waals surface area contributed by atoms with Crippen molar-refractivity contribution in [2.24, 2.45) is 0 Å². The van der Waals surface area contributed by atoms with Crippen LogP contribution in [0.5, 0.6) is 0 Å². The minimum Gasteiger partial charge on any atom is -0.394 e. The molecule has 0 spiro atoms. The monoisotopic (exact) mass is 447 g/mol. The van der Waals surface area contributed by atoms with Gasteiger partial charge in [-0.3, -0.25) is 4.79 Å². The number of rotatable bonds is 21. The maximum absolute atomic E-state index is 12.0. The number of carbonyl (C=O) groups excluding carboxylic acids is 1. The molecule has 0 aliphatic heterocycles. The molecule has 0 aromatic carbocycles. The Balaban J connectivity index is 3.60. The van der Waals surface area contributed by atoms with Crippen LogP contribution in [0.15, 0.2) is 48.6 Å². The predicted octanol–water partition coefficient (Wildman–Crippen LogP) is 6.55. The molecule has 1 amide bonds. The Kier molecular flexibility index (Phi) is 22.8. The molecular formula is C28H49NO3. The van der Waals surface area contributed by atoms with Gasteiger partial charge >= 0.3 is 0 Å². The van der Waals surface area contributed by atoms with Crippen molar-refractivity contribution in [1.82, 2.24) is 5.32 Å². The van der Waals surface area contributed by atoms with E-state index in [1.165, 1.54) is 25.7 Å². The van der Waals surface area contributed by atoms with Crippen LogP contribution in [0.3, 0.4) is 0 Å². The summed E-state index contributed by atoms with van der Waals surface area (Å²) >= 11 is 0. The summed E-state index contributed by atoms with van der Waals surface area (Å²) in [6.07, 6.45) is 30.9. The highest BCUT2D eigenvalue weighted by molar-refractivity contribution is 5.76. The van der Waals surface area contributed by atoms with E-state index < -0.39 is 12.1 Å². The van der Waals surface area contributed by atoms with Gasteiger partial charge in [0.25, 0.3) is 0 Å². The van der Waals surface area contributed by atoms with Crippen molar-refractivity contribution in [2.45, 2.75) is 116 Å². The molecule has 0 aromatic heterocycles. The Labute approximate surface area is 197 Å². The van der Waals surface area contributed by atoms with Crippen LogP contribution < -0.4 is 5.32 Å². The molecule has 0 bridgehead atoms. The van der Waals surface area contributed by atoms with Crippen molar-refractivity contribution in [3.8, 4) is 0 Å². The fourth-order valence-electron chi connectivity index (χ4n) is 3.31. The summed E-state index contributed by atoms with van der Waals surface area (Å²) in [6, 6.07) is -0.622. The summed E-state index contributed by atoms with van der Waals surface area (Å²) in [7, 11) is 0. The number of hydrogen-bond acceptors (Lipinski definition) is 3. The molecule has 0 radical (unpaired) electrons. The van der Waals surface area contributed by atoms with E-state index in [1.807, 2.05) is 6.08 Å². The van der Waals surface area contributed by atoms with Crippen LogP contribution in [-0.4, -0.2) is 34.9 Å². The first-order chi connectivity index (χ1) is 15.7. The van der Waals surface area contributed by atoms with Gasteiger partial charge in [-0.05, 0) is 44.9 Å². The average molecular weight is 448 g/mol. The van der Waals surface area contributed by atoms with Gasteiger partial charge in [0.15, 0.2) is 0 Å². The van der Waals surface area contributed by atoms with E-state index in [2.05, 4.69) is 55.6 Å². The van der Waals surface area contributed by atoms with Crippen LogP contribution in [0.1, 0.15) is 104 Å². The largest absolute Gasteiger partial charge is 0.394 e. The summed E-state index contributed by atoms with van der Waals surface area (Å²) in [5.41, 5.74) is 0. The highest BCUT2D eigenvalue weighted by atomic mass is 16.3. The molecule has 0 rings (SSSR count). The van der Waals surface area contributed by atoms with Crippen molar-refractivity contribution in [2.75, 3.05) is 6.61 Å². The molecule has 0 heterocycles. The molecule has 0 saturated carbocycles. The number of allylic oxidation sites excluding steroid dienone is 7. The molecule has 184 valence electrons. The molecule has 0 aliphatic carbocycles. The Hall–Kier alpha value is -1.65. The van der Waals surface area contributed by atoms with Crippen LogP contribution in [0.2, 0.25) is 0 Å². The topological polar surface area (TPSA) is 69.6 Å². The van der Waals surface area contributed by atoms with Crippen LogP contribution in [-0.2, 0) is 4.79 Å². The second kappa shape index (κ2) is 24.0. The second-order valence-electron chi connectivity index (χ2n) is 8.37. The zero-order chi connectivity index (χ0) is 23.7. The normalized spacial score (nSPS) is 14.2. The van der Waals surface area contributed by atoms with Crippen molar-refractivity contribution >= 4 is 5.91 Å². The predicted molar refractivity (Wildman–Crippen MR) is 138 cm³/mol. The maximum atomic E-state index is 12.0. The van der Waals surface area contributed by atoms with Crippen LogP contribution in [0.4, 0.5) is 0 Å². The van der Waals surface area contributed by atoms with Gasteiger partial charge in [0.05, 0.1) is 18.8 Å². The molecule has 0 saturated heterocycles. The summed E-state index contributed by atoms with van der Waals surface area (Å²) in [6.45, 7) is 3.96. The third-order valence-corrected chi connectivity index (χ3v) is 5.30. The summed E-state index contributed by atoms with van der Waals surface area (Å²) < 4.78 is 0. The molecule has 0 fully saturated rings. The lowest BCUT2D eigenvalue weighted by atomic mass is 10.1. The number of aliphatic hydroxyl groups is 2. The quantitative estimate of drug-likeness (QED) is 0.138. The number of amides is 1. The van der Waals surface area contributed by atoms with Crippen molar-refractivity contribution in [3.63, 3.8) is 0 Å². The highest BCUT2D eigenvalue weighted by Gasteiger charge is 2.17. The van der Waals surface area contributed by atoms with Crippen molar-refractivity contribution < 1.29 is 15.0 Å². The molecule has 2 atom stereocenters. The molecule has 0 aliphatic rings. The van der Waals surface area contributed by atoms with Gasteiger partial charge in [0.2, 0.25) is 5.91 Å². The summed E-state index contributed by atoms with van der Waals surface area (Å²) in [5, 5.41) is 22.2. The van der Waals surface area contributed by atoms with Gasteiger partial charge in [0, 0.05) is 6.42 Å². The molecule has 3 N–H and O–H groups in total. The standard InChI is InChI=1S/C28H49NO3/c1-3-5-7-8-9-10-11-12-13-14-15-16-17-18-19-20-22-24-28(32)29-26(25-30)27(31)23-21-6-4-2/h5,7,9-10,12-13,21,23,26-27,30-31H,3-4,6,8,11,14-20,22,24-25H2,1-2H3,(H,29,32)/b7-5-,10-9-,13-12-,23-21+. The van der Waals surface area contributed by atoms with Gasteiger partial charge < -0.3 is 15.5 Å². The lowest BCUT2D eigenvalue weighted by Crippen LogP contribution is -2.45. The number of unbranched alkanes of at least 4 members (excludes halogenated alkanes) is 8. The fourth-order valence-corrected chi connectivity index (χ4v) is 3.31. The third kappa shape index (κ3) is 20.3. The Bertz CT molecular complexity index is 537. The molecule has 2 unspecified atom stereocenters. The van der Waals surface area contributed by atoms with Crippen molar-refractivity contribution in [3.05, 3.63) is 48.6 Å². The van der Waals surface area contributed by atoms with Crippen molar-refractivity contribution in [1.29, 1.82) is 0 Å². The minimum absolute atomic E-state index is 0.0916. The van der Waals surface area contributed by atoms with Gasteiger partial charge in [-0.1, -0.05) is 101 Å². The first-order valence-corrected chi connectivity index (χ1v) is 12.9. The van der Waals surface area contributed by atoms with E-state index in [4.69, 9.17) is 0 Å². The van der Waals surface area contributed by atoms with E-state index >= 15 is 0 Å². The first-order valence-electron chi connectivity index (χ1n) is 12.9. The number of aliphatic hydroxyl groups excluding tert-OH is 2. The summed E-state index contributed by atoms with van der Waals surface area (Å²) in [5.74, 6) is -0.0916. The molecule has 0 aromatic rings. The van der Waals surface area contributed by atoms with Gasteiger partial charge in [-0.2, -0.15) is 0 Å². The highest BCUT2D eigenvalue weighted by Crippen LogP contribution is 2.10. The Morgan fingerprint density at radius 2 is 1.38 bits per heavy atom. The zero-order valence-corrected chi connectivity index (χ0v) is 20.7. The lowest BCUT2D eigenvalue weighted by Gasteiger charge is -2.19. The smallest absolute Gasteiger partial charge is 0.220 e. The van der Waals surface area contributed by atoms with E-state index in [-0.39, 0.29) is 12.5 Å². The maximum Gasteiger partial charge on any atom is 0.220 e. The third-order valence-electron chi connectivity index (χ3n) is 5.30. The summed E-state index contributed by atoms with van der Waals surface area (Å²) in [4.78, 5) is 12.0. The lowest BCUT2D eigenvalue weighted by molar-refractivity contribution is -0.123. The minimum atomic E-state index is -0.838. The molecule has 4 nitrogen and oxygen atoms in total. The number of nitrogens with one attached hydrogen (secondary N) is 1.